The van der Waals surface area contributed by atoms with Crippen LogP contribution in [0.2, 0.25) is 0 Å². The van der Waals surface area contributed by atoms with Crippen LogP contribution >= 0.6 is 0 Å². The van der Waals surface area contributed by atoms with Gasteiger partial charge in [-0.15, -0.1) is 0 Å². The number of anilines is 1. The smallest absolute Gasteiger partial charge is 0.129 e. The van der Waals surface area contributed by atoms with Crippen molar-refractivity contribution in [2.75, 3.05) is 12.8 Å². The second-order valence-corrected chi connectivity index (χ2v) is 4.65. The summed E-state index contributed by atoms with van der Waals surface area (Å²) in [7, 11) is 1.65. The molecule has 3 rings (SSSR count). The molecule has 0 aliphatic carbocycles. The second kappa shape index (κ2) is 5.71. The molecule has 0 amide bonds. The average Bonchev–Trinajstić information content (AvgIpc) is 2.55. The lowest BCUT2D eigenvalue weighted by Crippen LogP contribution is -2.00. The highest BCUT2D eigenvalue weighted by molar-refractivity contribution is 5.93. The van der Waals surface area contributed by atoms with Crippen molar-refractivity contribution in [3.05, 3.63) is 60.3 Å². The zero-order chi connectivity index (χ0) is 14.7. The maximum atomic E-state index is 5.94. The van der Waals surface area contributed by atoms with Crippen LogP contribution in [0.3, 0.4) is 0 Å². The zero-order valence-corrected chi connectivity index (χ0v) is 11.7. The van der Waals surface area contributed by atoms with Crippen molar-refractivity contribution < 1.29 is 9.47 Å². The van der Waals surface area contributed by atoms with Crippen molar-refractivity contribution in [3.63, 3.8) is 0 Å². The van der Waals surface area contributed by atoms with Crippen LogP contribution in [0.1, 0.15) is 5.56 Å². The molecule has 1 aromatic heterocycles. The third-order valence-electron chi connectivity index (χ3n) is 3.34. The van der Waals surface area contributed by atoms with E-state index < -0.39 is 0 Å². The summed E-state index contributed by atoms with van der Waals surface area (Å²) in [6, 6.07) is 15.3. The minimum absolute atomic E-state index is 0.428. The highest BCUT2D eigenvalue weighted by Gasteiger charge is 2.07. The van der Waals surface area contributed by atoms with Crippen molar-refractivity contribution in [1.82, 2.24) is 4.98 Å². The lowest BCUT2D eigenvalue weighted by Gasteiger charge is -2.12. The Morgan fingerprint density at radius 1 is 1.00 bits per heavy atom. The number of aromatic nitrogens is 1. The molecular formula is C17H16N2O2. The Bertz CT molecular complexity index is 772. The lowest BCUT2D eigenvalue weighted by atomic mass is 10.1. The Morgan fingerprint density at radius 2 is 1.86 bits per heavy atom. The number of methoxy groups -OCH3 is 1. The van der Waals surface area contributed by atoms with Gasteiger partial charge in [-0.1, -0.05) is 18.2 Å². The highest BCUT2D eigenvalue weighted by Crippen LogP contribution is 2.29. The van der Waals surface area contributed by atoms with Gasteiger partial charge < -0.3 is 15.2 Å². The predicted octanol–water partition coefficient (Wildman–Crippen LogP) is 3.40. The average molecular weight is 280 g/mol. The van der Waals surface area contributed by atoms with Crippen molar-refractivity contribution >= 4 is 16.6 Å². The van der Waals surface area contributed by atoms with Gasteiger partial charge in [0.2, 0.25) is 0 Å². The molecule has 2 N–H and O–H groups in total. The Morgan fingerprint density at radius 3 is 2.71 bits per heavy atom. The second-order valence-electron chi connectivity index (χ2n) is 4.65. The number of nitrogen functional groups attached to an aromatic ring is 1. The number of para-hydroxylation sites is 1. The molecule has 0 fully saturated rings. The normalized spacial score (nSPS) is 10.5. The summed E-state index contributed by atoms with van der Waals surface area (Å²) in [4.78, 5) is 4.30. The fraction of sp³-hybridized carbons (Fsp3) is 0.118. The maximum Gasteiger partial charge on any atom is 0.129 e. The summed E-state index contributed by atoms with van der Waals surface area (Å²) in [6.45, 7) is 0.428. The van der Waals surface area contributed by atoms with Crippen LogP contribution in [-0.2, 0) is 6.61 Å². The summed E-state index contributed by atoms with van der Waals surface area (Å²) in [5.41, 5.74) is 8.34. The molecule has 0 aliphatic rings. The van der Waals surface area contributed by atoms with Gasteiger partial charge in [0.1, 0.15) is 18.1 Å². The standard InChI is InChI=1S/C17H16N2O2/c1-20-15-7-3-2-5-12(15)11-21-16-9-8-14(18)17-13(16)6-4-10-19-17/h2-10H,11,18H2,1H3. The first-order valence-electron chi connectivity index (χ1n) is 6.67. The number of nitrogens with zero attached hydrogens (tertiary/aromatic N) is 1. The first-order valence-corrected chi connectivity index (χ1v) is 6.67. The zero-order valence-electron chi connectivity index (χ0n) is 11.7. The molecule has 4 heteroatoms. The van der Waals surface area contributed by atoms with Crippen LogP contribution < -0.4 is 15.2 Å². The molecule has 4 nitrogen and oxygen atoms in total. The minimum Gasteiger partial charge on any atom is -0.496 e. The first-order chi connectivity index (χ1) is 10.3. The molecular weight excluding hydrogens is 264 g/mol. The minimum atomic E-state index is 0.428. The first kappa shape index (κ1) is 13.2. The van der Waals surface area contributed by atoms with E-state index in [1.807, 2.05) is 48.5 Å². The van der Waals surface area contributed by atoms with E-state index in [0.717, 1.165) is 28.0 Å². The van der Waals surface area contributed by atoms with Crippen LogP contribution in [0, 0.1) is 0 Å². The number of rotatable bonds is 4. The summed E-state index contributed by atoms with van der Waals surface area (Å²) in [5.74, 6) is 1.58. The molecule has 0 saturated heterocycles. The number of hydrogen-bond acceptors (Lipinski definition) is 4. The molecule has 106 valence electrons. The summed E-state index contributed by atoms with van der Waals surface area (Å²) in [5, 5.41) is 0.910. The quantitative estimate of drug-likeness (QED) is 0.744. The van der Waals surface area contributed by atoms with Crippen molar-refractivity contribution in [2.45, 2.75) is 6.61 Å². The number of fused-ring (bicyclic) bond motifs is 1. The van der Waals surface area contributed by atoms with E-state index in [-0.39, 0.29) is 0 Å². The van der Waals surface area contributed by atoms with Gasteiger partial charge in [-0.05, 0) is 30.3 Å². The van der Waals surface area contributed by atoms with Gasteiger partial charge in [0.05, 0.1) is 18.3 Å². The van der Waals surface area contributed by atoms with Gasteiger partial charge in [-0.2, -0.15) is 0 Å². The molecule has 0 unspecified atom stereocenters. The van der Waals surface area contributed by atoms with Crippen LogP contribution in [0.4, 0.5) is 5.69 Å². The highest BCUT2D eigenvalue weighted by atomic mass is 16.5. The van der Waals surface area contributed by atoms with E-state index in [1.165, 1.54) is 0 Å². The van der Waals surface area contributed by atoms with Crippen LogP contribution in [-0.4, -0.2) is 12.1 Å². The molecule has 2 aromatic carbocycles. The monoisotopic (exact) mass is 280 g/mol. The van der Waals surface area contributed by atoms with Gasteiger partial charge in [0, 0.05) is 17.1 Å². The molecule has 3 aromatic rings. The lowest BCUT2D eigenvalue weighted by molar-refractivity contribution is 0.300. The van der Waals surface area contributed by atoms with Crippen LogP contribution in [0.25, 0.3) is 10.9 Å². The fourth-order valence-electron chi connectivity index (χ4n) is 2.27. The van der Waals surface area contributed by atoms with E-state index in [0.29, 0.717) is 12.3 Å². The molecule has 0 atom stereocenters. The van der Waals surface area contributed by atoms with Crippen molar-refractivity contribution in [3.8, 4) is 11.5 Å². The largest absolute Gasteiger partial charge is 0.496 e. The molecule has 1 heterocycles. The predicted molar refractivity (Wildman–Crippen MR) is 83.5 cm³/mol. The van der Waals surface area contributed by atoms with Gasteiger partial charge >= 0.3 is 0 Å². The molecule has 0 radical (unpaired) electrons. The third kappa shape index (κ3) is 2.60. The Kier molecular flexibility index (Phi) is 3.60. The Hall–Kier alpha value is -2.75. The Balaban J connectivity index is 1.91. The van der Waals surface area contributed by atoms with Gasteiger partial charge in [-0.25, -0.2) is 0 Å². The van der Waals surface area contributed by atoms with E-state index >= 15 is 0 Å². The van der Waals surface area contributed by atoms with Crippen molar-refractivity contribution in [2.24, 2.45) is 0 Å². The molecule has 0 bridgehead atoms. The van der Waals surface area contributed by atoms with Crippen molar-refractivity contribution in [1.29, 1.82) is 0 Å². The molecule has 0 aliphatic heterocycles. The van der Waals surface area contributed by atoms with E-state index in [2.05, 4.69) is 4.98 Å². The molecule has 0 spiro atoms. The molecule has 21 heavy (non-hydrogen) atoms. The van der Waals surface area contributed by atoms with Gasteiger partial charge in [-0.3, -0.25) is 4.98 Å². The summed E-state index contributed by atoms with van der Waals surface area (Å²) >= 11 is 0. The number of pyridine rings is 1. The van der Waals surface area contributed by atoms with Gasteiger partial charge in [0.15, 0.2) is 0 Å². The summed E-state index contributed by atoms with van der Waals surface area (Å²) in [6.07, 6.45) is 1.72. The Labute approximate surface area is 123 Å². The third-order valence-corrected chi connectivity index (χ3v) is 3.34. The fourth-order valence-corrected chi connectivity index (χ4v) is 2.27. The number of ether oxygens (including phenoxy) is 2. The molecule has 0 saturated carbocycles. The van der Waals surface area contributed by atoms with E-state index in [4.69, 9.17) is 15.2 Å². The number of benzene rings is 2. The maximum absolute atomic E-state index is 5.94. The number of nitrogens with two attached hydrogens (primary N) is 1. The SMILES string of the molecule is COc1ccccc1COc1ccc(N)c2ncccc12. The topological polar surface area (TPSA) is 57.4 Å². The number of hydrogen-bond donors (Lipinski definition) is 1. The summed E-state index contributed by atoms with van der Waals surface area (Å²) < 4.78 is 11.3. The van der Waals surface area contributed by atoms with Crippen LogP contribution in [0.5, 0.6) is 11.5 Å². The van der Waals surface area contributed by atoms with E-state index in [9.17, 15) is 0 Å². The van der Waals surface area contributed by atoms with Gasteiger partial charge in [0.25, 0.3) is 0 Å². The van der Waals surface area contributed by atoms with E-state index in [1.54, 1.807) is 13.3 Å². The van der Waals surface area contributed by atoms with Crippen LogP contribution in [0.15, 0.2) is 54.7 Å².